The van der Waals surface area contributed by atoms with E-state index in [1.165, 1.54) is 0 Å². The Balaban J connectivity index is 1.37. The molecule has 8 nitrogen and oxygen atoms in total. The van der Waals surface area contributed by atoms with Gasteiger partial charge in [-0.25, -0.2) is 0 Å². The fraction of sp³-hybridized carbons (Fsp3) is 0.483. The van der Waals surface area contributed by atoms with Crippen LogP contribution in [-0.2, 0) is 13.1 Å². The van der Waals surface area contributed by atoms with Gasteiger partial charge in [0, 0.05) is 25.8 Å². The van der Waals surface area contributed by atoms with Gasteiger partial charge in [0.15, 0.2) is 11.5 Å². The molecule has 2 heterocycles. The van der Waals surface area contributed by atoms with Gasteiger partial charge in [-0.05, 0) is 74.1 Å². The number of hydrogen-bond donors (Lipinski definition) is 2. The van der Waals surface area contributed by atoms with E-state index in [-0.39, 0.29) is 6.61 Å². The van der Waals surface area contributed by atoms with Crippen molar-refractivity contribution in [2.24, 2.45) is 0 Å². The topological polar surface area (TPSA) is 89.2 Å². The highest BCUT2D eigenvalue weighted by Crippen LogP contribution is 2.31. The van der Waals surface area contributed by atoms with Crippen LogP contribution < -0.4 is 14.2 Å². The summed E-state index contributed by atoms with van der Waals surface area (Å²) in [5.74, 6) is 2.12. The highest BCUT2D eigenvalue weighted by Gasteiger charge is 2.42. The third-order valence-corrected chi connectivity index (χ3v) is 7.15. The molecule has 200 valence electrons. The maximum absolute atomic E-state index is 11.4. The number of β-amino-alcohol motifs (C(OH)–C–C–N with tert-alkyl or cyclic N) is 1. The van der Waals surface area contributed by atoms with Gasteiger partial charge in [0.05, 0.1) is 26.0 Å². The Kier molecular flexibility index (Phi) is 8.42. The molecule has 37 heavy (non-hydrogen) atoms. The molecule has 4 rings (SSSR count). The molecule has 0 aliphatic carbocycles. The van der Waals surface area contributed by atoms with Crippen molar-refractivity contribution in [3.8, 4) is 17.2 Å². The summed E-state index contributed by atoms with van der Waals surface area (Å²) in [5.41, 5.74) is 4.00. The summed E-state index contributed by atoms with van der Waals surface area (Å²) < 4.78 is 19.5. The molecule has 0 radical (unpaired) electrons. The zero-order chi connectivity index (χ0) is 26.6. The number of methoxy groups -OCH3 is 1. The second-order valence-corrected chi connectivity index (χ2v) is 10.2. The number of likely N-dealkylation sites (tertiary alicyclic amines) is 1. The number of piperidine rings is 1. The maximum atomic E-state index is 11.4. The number of aromatic nitrogens is 2. The number of hydrogen-bond acceptors (Lipinski definition) is 7. The van der Waals surface area contributed by atoms with Crippen LogP contribution >= 0.6 is 0 Å². The van der Waals surface area contributed by atoms with Crippen LogP contribution in [0.2, 0.25) is 0 Å². The van der Waals surface area contributed by atoms with E-state index in [0.717, 1.165) is 33.6 Å². The van der Waals surface area contributed by atoms with Crippen LogP contribution in [0.4, 0.5) is 0 Å². The summed E-state index contributed by atoms with van der Waals surface area (Å²) in [4.78, 5) is 2.14. The maximum Gasteiger partial charge on any atom is 0.161 e. The lowest BCUT2D eigenvalue weighted by molar-refractivity contribution is -0.140. The molecular weight excluding hydrogens is 470 g/mol. The third-order valence-electron chi connectivity index (χ3n) is 7.15. The Bertz CT molecular complexity index is 1210. The molecule has 0 unspecified atom stereocenters. The van der Waals surface area contributed by atoms with E-state index < -0.39 is 11.7 Å². The van der Waals surface area contributed by atoms with Gasteiger partial charge in [0.25, 0.3) is 0 Å². The minimum absolute atomic E-state index is 0.0294. The average Bonchev–Trinajstić information content (AvgIpc) is 3.29. The lowest BCUT2D eigenvalue weighted by Crippen LogP contribution is -2.59. The van der Waals surface area contributed by atoms with Gasteiger partial charge in [0.2, 0.25) is 0 Å². The third kappa shape index (κ3) is 6.44. The fourth-order valence-electron chi connectivity index (χ4n) is 4.79. The Morgan fingerprint density at radius 2 is 1.84 bits per heavy atom. The molecule has 1 aliphatic rings. The quantitative estimate of drug-likeness (QED) is 0.432. The summed E-state index contributed by atoms with van der Waals surface area (Å²) >= 11 is 0. The first kappa shape index (κ1) is 27.0. The van der Waals surface area contributed by atoms with Crippen LogP contribution in [0.15, 0.2) is 42.7 Å². The van der Waals surface area contributed by atoms with Gasteiger partial charge < -0.3 is 24.4 Å². The van der Waals surface area contributed by atoms with E-state index in [2.05, 4.69) is 16.1 Å². The number of ether oxygens (including phenoxy) is 3. The second-order valence-electron chi connectivity index (χ2n) is 10.2. The number of aliphatic hydroxyl groups is 2. The molecule has 8 heteroatoms. The van der Waals surface area contributed by atoms with Crippen LogP contribution in [0, 0.1) is 27.7 Å². The highest BCUT2D eigenvalue weighted by atomic mass is 16.5. The van der Waals surface area contributed by atoms with Gasteiger partial charge in [-0.1, -0.05) is 18.2 Å². The molecule has 0 saturated carbocycles. The predicted molar refractivity (Wildman–Crippen MR) is 142 cm³/mol. The fourth-order valence-corrected chi connectivity index (χ4v) is 4.79. The highest BCUT2D eigenvalue weighted by molar-refractivity contribution is 5.45. The van der Waals surface area contributed by atoms with E-state index in [0.29, 0.717) is 50.7 Å². The summed E-state index contributed by atoms with van der Waals surface area (Å²) in [5, 5.41) is 26.3. The Hall–Kier alpha value is -3.07. The van der Waals surface area contributed by atoms with Gasteiger partial charge in [-0.2, -0.15) is 5.10 Å². The molecule has 1 aromatic heterocycles. The van der Waals surface area contributed by atoms with Crippen LogP contribution in [0.1, 0.15) is 34.2 Å². The van der Waals surface area contributed by atoms with Gasteiger partial charge in [-0.15, -0.1) is 0 Å². The van der Waals surface area contributed by atoms with Crippen LogP contribution in [0.3, 0.4) is 0 Å². The largest absolute Gasteiger partial charge is 0.493 e. The average molecular weight is 510 g/mol. The lowest BCUT2D eigenvalue weighted by Gasteiger charge is -2.42. The van der Waals surface area contributed by atoms with Crippen LogP contribution in [0.25, 0.3) is 0 Å². The number of nitrogens with zero attached hydrogens (tertiary/aromatic N) is 3. The SMILES string of the molecule is COc1cc(CN2CC[C@H](O)[C@@](O)(COc3c(C)ccc(C)c3C)C2)ccc1OCCn1cc(C)cn1. The molecule has 1 aliphatic heterocycles. The van der Waals surface area contributed by atoms with Crippen molar-refractivity contribution >= 4 is 0 Å². The van der Waals surface area contributed by atoms with E-state index in [1.807, 2.05) is 69.0 Å². The molecule has 0 bridgehead atoms. The first-order valence-corrected chi connectivity index (χ1v) is 12.8. The second kappa shape index (κ2) is 11.5. The van der Waals surface area contributed by atoms with E-state index in [9.17, 15) is 10.2 Å². The number of rotatable bonds is 10. The Morgan fingerprint density at radius 3 is 2.57 bits per heavy atom. The predicted octanol–water partition coefficient (Wildman–Crippen LogP) is 3.58. The molecule has 1 fully saturated rings. The standard InChI is InChI=1S/C29H39N3O5/c1-20-15-30-32(16-20)12-13-36-25-9-8-24(14-26(25)35-5)17-31-11-10-27(33)29(34,18-31)19-37-28-22(3)7-6-21(2)23(28)4/h6-9,14-16,27,33-34H,10-13,17-19H2,1-5H3/t27-,29-/m0/s1. The van der Waals surface area contributed by atoms with Gasteiger partial charge >= 0.3 is 0 Å². The zero-order valence-corrected chi connectivity index (χ0v) is 22.5. The first-order valence-electron chi connectivity index (χ1n) is 12.8. The van der Waals surface area contributed by atoms with E-state index >= 15 is 0 Å². The monoisotopic (exact) mass is 509 g/mol. The van der Waals surface area contributed by atoms with Crippen molar-refractivity contribution in [2.45, 2.75) is 58.9 Å². The van der Waals surface area contributed by atoms with Crippen LogP contribution in [0.5, 0.6) is 17.2 Å². The molecule has 1 saturated heterocycles. The molecule has 2 N–H and O–H groups in total. The van der Waals surface area contributed by atoms with E-state index in [1.54, 1.807) is 7.11 Å². The number of aliphatic hydroxyl groups excluding tert-OH is 1. The van der Waals surface area contributed by atoms with Crippen molar-refractivity contribution < 1.29 is 24.4 Å². The number of aryl methyl sites for hydroxylation is 3. The minimum atomic E-state index is -1.36. The summed E-state index contributed by atoms with van der Waals surface area (Å²) in [6.45, 7) is 10.8. The molecule has 0 spiro atoms. The summed E-state index contributed by atoms with van der Waals surface area (Å²) in [7, 11) is 1.63. The normalized spacial score (nSPS) is 20.1. The molecule has 2 aromatic carbocycles. The molecule has 2 atom stereocenters. The summed E-state index contributed by atoms with van der Waals surface area (Å²) in [6, 6.07) is 9.97. The number of benzene rings is 2. The van der Waals surface area contributed by atoms with E-state index in [4.69, 9.17) is 14.2 Å². The summed E-state index contributed by atoms with van der Waals surface area (Å²) in [6.07, 6.45) is 3.43. The van der Waals surface area contributed by atoms with Crippen molar-refractivity contribution in [3.05, 3.63) is 70.5 Å². The van der Waals surface area contributed by atoms with Crippen molar-refractivity contribution in [2.75, 3.05) is 33.4 Å². The minimum Gasteiger partial charge on any atom is -0.493 e. The van der Waals surface area contributed by atoms with Crippen LogP contribution in [-0.4, -0.2) is 70.0 Å². The smallest absolute Gasteiger partial charge is 0.161 e. The lowest BCUT2D eigenvalue weighted by atomic mass is 9.90. The molecule has 0 amide bonds. The van der Waals surface area contributed by atoms with Crippen molar-refractivity contribution in [1.29, 1.82) is 0 Å². The Labute approximate surface area is 219 Å². The van der Waals surface area contributed by atoms with Crippen molar-refractivity contribution in [1.82, 2.24) is 14.7 Å². The van der Waals surface area contributed by atoms with Crippen molar-refractivity contribution in [3.63, 3.8) is 0 Å². The first-order chi connectivity index (χ1) is 17.7. The van der Waals surface area contributed by atoms with Gasteiger partial charge in [-0.3, -0.25) is 9.58 Å². The molecular formula is C29H39N3O5. The zero-order valence-electron chi connectivity index (χ0n) is 22.5. The Morgan fingerprint density at radius 1 is 1.05 bits per heavy atom. The van der Waals surface area contributed by atoms with Gasteiger partial charge in [0.1, 0.15) is 24.6 Å². The molecule has 3 aromatic rings.